The number of benzene rings is 3. The summed E-state index contributed by atoms with van der Waals surface area (Å²) in [6.07, 6.45) is 5.43. The number of amides is 1. The van der Waals surface area contributed by atoms with Crippen molar-refractivity contribution < 1.29 is 4.79 Å². The molecule has 0 unspecified atom stereocenters. The number of hydrogen-bond acceptors (Lipinski definition) is 3. The predicted molar refractivity (Wildman–Crippen MR) is 159 cm³/mol. The topological polar surface area (TPSA) is 45.3 Å². The molecule has 0 saturated carbocycles. The van der Waals surface area contributed by atoms with Crippen LogP contribution in [-0.4, -0.2) is 24.2 Å². The van der Waals surface area contributed by atoms with Crippen LogP contribution in [0.3, 0.4) is 0 Å². The molecule has 1 saturated heterocycles. The van der Waals surface area contributed by atoms with Crippen LogP contribution < -0.4 is 4.90 Å². The van der Waals surface area contributed by atoms with Crippen molar-refractivity contribution in [3.8, 4) is 33.4 Å². The minimum absolute atomic E-state index is 0.0871. The van der Waals surface area contributed by atoms with Crippen molar-refractivity contribution in [2.24, 2.45) is 10.4 Å². The maximum Gasteiger partial charge on any atom is 0.247 e. The van der Waals surface area contributed by atoms with Crippen LogP contribution in [0.5, 0.6) is 0 Å². The number of pyridine rings is 1. The van der Waals surface area contributed by atoms with Gasteiger partial charge in [0.1, 0.15) is 6.54 Å². The number of hydrogen-bond donors (Lipinski definition) is 0. The molecule has 0 radical (unpaired) electrons. The fourth-order valence-electron chi connectivity index (χ4n) is 4.49. The van der Waals surface area contributed by atoms with Crippen LogP contribution in [0.4, 0.5) is 5.69 Å². The van der Waals surface area contributed by atoms with Crippen molar-refractivity contribution in [2.75, 3.05) is 11.4 Å². The van der Waals surface area contributed by atoms with Gasteiger partial charge in [0.2, 0.25) is 5.91 Å². The van der Waals surface area contributed by atoms with E-state index in [0.29, 0.717) is 6.54 Å². The number of carbonyl (C=O) groups is 1. The maximum absolute atomic E-state index is 12.0. The van der Waals surface area contributed by atoms with Crippen LogP contribution in [0.1, 0.15) is 26.3 Å². The molecule has 1 aromatic heterocycles. The molecule has 2 heterocycles. The van der Waals surface area contributed by atoms with E-state index in [-0.39, 0.29) is 11.3 Å². The van der Waals surface area contributed by atoms with Gasteiger partial charge in [-0.2, -0.15) is 0 Å². The molecular formula is C34H31N3O. The summed E-state index contributed by atoms with van der Waals surface area (Å²) in [6.45, 7) is 14.9. The first kappa shape index (κ1) is 25.1. The first-order chi connectivity index (χ1) is 18.2. The molecule has 0 spiro atoms. The third kappa shape index (κ3) is 5.25. The Morgan fingerprint density at radius 3 is 1.89 bits per heavy atom. The van der Waals surface area contributed by atoms with Crippen LogP contribution >= 0.6 is 0 Å². The third-order valence-corrected chi connectivity index (χ3v) is 6.91. The number of nitrogens with zero attached hydrogens (tertiary/aromatic N) is 3. The highest BCUT2D eigenvalue weighted by atomic mass is 16.2. The quantitative estimate of drug-likeness (QED) is 0.147. The lowest BCUT2D eigenvalue weighted by atomic mass is 9.81. The summed E-state index contributed by atoms with van der Waals surface area (Å²) in [7, 11) is 0. The van der Waals surface area contributed by atoms with E-state index in [1.165, 1.54) is 0 Å². The Morgan fingerprint density at radius 2 is 1.42 bits per heavy atom. The summed E-state index contributed by atoms with van der Waals surface area (Å²) in [6, 6.07) is 27.2. The first-order valence-corrected chi connectivity index (χ1v) is 12.7. The Morgan fingerprint density at radius 1 is 0.868 bits per heavy atom. The summed E-state index contributed by atoms with van der Waals surface area (Å²) in [4.78, 5) is 22.1. The highest BCUT2D eigenvalue weighted by molar-refractivity contribution is 6.12. The molecule has 0 aliphatic carbocycles. The zero-order valence-electron chi connectivity index (χ0n) is 22.1. The second-order valence-corrected chi connectivity index (χ2v) is 10.6. The van der Waals surface area contributed by atoms with Crippen LogP contribution in [0.2, 0.25) is 0 Å². The maximum atomic E-state index is 12.0. The fourth-order valence-corrected chi connectivity index (χ4v) is 4.49. The molecule has 5 rings (SSSR count). The molecule has 0 N–H and O–H groups in total. The summed E-state index contributed by atoms with van der Waals surface area (Å²) >= 11 is 0. The van der Waals surface area contributed by atoms with Crippen LogP contribution in [0.25, 0.3) is 39.0 Å². The van der Waals surface area contributed by atoms with Gasteiger partial charge in [-0.3, -0.25) is 14.8 Å². The van der Waals surface area contributed by atoms with Gasteiger partial charge >= 0.3 is 0 Å². The number of carbonyl (C=O) groups excluding carboxylic acids is 1. The minimum atomic E-state index is -0.0871. The molecule has 1 aliphatic heterocycles. The lowest BCUT2D eigenvalue weighted by molar-refractivity contribution is -0.109. The second-order valence-electron chi connectivity index (χ2n) is 10.6. The average Bonchev–Trinajstić information content (AvgIpc) is 3.68. The highest BCUT2D eigenvalue weighted by Crippen LogP contribution is 2.38. The van der Waals surface area contributed by atoms with Gasteiger partial charge in [-0.1, -0.05) is 81.9 Å². The van der Waals surface area contributed by atoms with Crippen molar-refractivity contribution in [1.82, 2.24) is 4.98 Å². The van der Waals surface area contributed by atoms with Crippen LogP contribution in [0, 0.1) is 5.41 Å². The molecule has 0 bridgehead atoms. The number of aromatic nitrogens is 1. The van der Waals surface area contributed by atoms with E-state index in [2.05, 4.69) is 117 Å². The van der Waals surface area contributed by atoms with E-state index >= 15 is 0 Å². The molecule has 1 amide bonds. The Labute approximate surface area is 224 Å². The van der Waals surface area contributed by atoms with Gasteiger partial charge in [0.15, 0.2) is 0 Å². The Bertz CT molecular complexity index is 1540. The lowest BCUT2D eigenvalue weighted by Crippen LogP contribution is -2.10. The third-order valence-electron chi connectivity index (χ3n) is 6.91. The molecule has 1 fully saturated rings. The van der Waals surface area contributed by atoms with E-state index in [9.17, 15) is 4.79 Å². The molecule has 4 nitrogen and oxygen atoms in total. The van der Waals surface area contributed by atoms with Crippen LogP contribution in [0.15, 0.2) is 115 Å². The molecule has 4 aromatic rings. The summed E-state index contributed by atoms with van der Waals surface area (Å²) in [5.74, 6) is 0.141. The average molecular weight is 498 g/mol. The normalized spacial score (nSPS) is 13.4. The standard InChI is InChI=1S/C34H31N3O/c1-23(34(2,3)4)32(21-35-5)27-14-12-26(13-15-27)30-17-29(18-31(19-30)37-22-33(37)38)25-10-8-24(9-11-25)28-7-6-16-36-20-28/h6-21H,1,5,22H2,2-4H3/b32-21+. The van der Waals surface area contributed by atoms with Gasteiger partial charge in [0.25, 0.3) is 0 Å². The Balaban J connectivity index is 1.51. The van der Waals surface area contributed by atoms with Gasteiger partial charge < -0.3 is 4.90 Å². The minimum Gasteiger partial charge on any atom is -0.301 e. The van der Waals surface area contributed by atoms with E-state index in [1.54, 1.807) is 17.3 Å². The molecule has 188 valence electrons. The summed E-state index contributed by atoms with van der Waals surface area (Å²) in [5.41, 5.74) is 10.4. The molecule has 3 aromatic carbocycles. The smallest absolute Gasteiger partial charge is 0.247 e. The van der Waals surface area contributed by atoms with Crippen molar-refractivity contribution in [2.45, 2.75) is 20.8 Å². The van der Waals surface area contributed by atoms with E-state index in [4.69, 9.17) is 0 Å². The van der Waals surface area contributed by atoms with Gasteiger partial charge in [0, 0.05) is 29.9 Å². The zero-order valence-corrected chi connectivity index (χ0v) is 22.1. The summed E-state index contributed by atoms with van der Waals surface area (Å²) in [5, 5.41) is 0. The molecule has 1 aliphatic rings. The lowest BCUT2D eigenvalue weighted by Gasteiger charge is -2.24. The number of aliphatic imine (C=N–C) groups is 1. The van der Waals surface area contributed by atoms with E-state index < -0.39 is 0 Å². The SMILES string of the molecule is C=N/C=C(\C(=C)C(C)(C)C)c1ccc(-c2cc(-c3ccc(-c4cccnc4)cc3)cc(N3CC3=O)c2)cc1. The largest absolute Gasteiger partial charge is 0.301 e. The monoisotopic (exact) mass is 497 g/mol. The first-order valence-electron chi connectivity index (χ1n) is 12.7. The number of rotatable bonds is 7. The number of anilines is 1. The van der Waals surface area contributed by atoms with E-state index in [1.807, 2.05) is 12.3 Å². The molecule has 38 heavy (non-hydrogen) atoms. The van der Waals surface area contributed by atoms with Gasteiger partial charge in [-0.15, -0.1) is 0 Å². The molecular weight excluding hydrogens is 466 g/mol. The zero-order chi connectivity index (χ0) is 26.9. The van der Waals surface area contributed by atoms with Crippen molar-refractivity contribution in [3.63, 3.8) is 0 Å². The second kappa shape index (κ2) is 10.1. The van der Waals surface area contributed by atoms with Gasteiger partial charge in [-0.25, -0.2) is 0 Å². The van der Waals surface area contributed by atoms with Gasteiger partial charge in [-0.05, 0) is 80.9 Å². The Kier molecular flexibility index (Phi) is 6.64. The summed E-state index contributed by atoms with van der Waals surface area (Å²) < 4.78 is 0. The van der Waals surface area contributed by atoms with Crippen LogP contribution in [-0.2, 0) is 4.79 Å². The highest BCUT2D eigenvalue weighted by Gasteiger charge is 2.32. The predicted octanol–water partition coefficient (Wildman–Crippen LogP) is 8.07. The van der Waals surface area contributed by atoms with E-state index in [0.717, 1.165) is 55.8 Å². The number of allylic oxidation sites excluding steroid dienone is 2. The molecule has 4 heteroatoms. The fraction of sp³-hybridized carbons (Fsp3) is 0.147. The van der Waals surface area contributed by atoms with Crippen molar-refractivity contribution >= 4 is 23.9 Å². The Hall–Kier alpha value is -4.57. The van der Waals surface area contributed by atoms with Gasteiger partial charge in [0.05, 0.1) is 0 Å². The van der Waals surface area contributed by atoms with Crippen molar-refractivity contribution in [3.05, 3.63) is 115 Å². The molecule has 0 atom stereocenters. The van der Waals surface area contributed by atoms with Crippen molar-refractivity contribution in [1.29, 1.82) is 0 Å².